The minimum Gasteiger partial charge on any atom is -0.490 e. The zero-order valence-electron chi connectivity index (χ0n) is 17.3. The predicted molar refractivity (Wildman–Crippen MR) is 113 cm³/mol. The van der Waals surface area contributed by atoms with Crippen LogP contribution in [0.3, 0.4) is 0 Å². The van der Waals surface area contributed by atoms with Crippen LogP contribution in [0.2, 0.25) is 0 Å². The highest BCUT2D eigenvalue weighted by molar-refractivity contribution is 5.95. The van der Waals surface area contributed by atoms with E-state index in [1.807, 2.05) is 0 Å². The van der Waals surface area contributed by atoms with Gasteiger partial charge in [0, 0.05) is 18.2 Å². The highest BCUT2D eigenvalue weighted by atomic mass is 16.6. The second-order valence-electron chi connectivity index (χ2n) is 8.38. The van der Waals surface area contributed by atoms with Gasteiger partial charge in [-0.1, -0.05) is 0 Å². The summed E-state index contributed by atoms with van der Waals surface area (Å²) in [7, 11) is 0. The van der Waals surface area contributed by atoms with Crippen molar-refractivity contribution in [1.82, 2.24) is 10.2 Å². The quantitative estimate of drug-likeness (QED) is 0.802. The number of carbonyl (C=O) groups excluding carboxylic acids is 1. The van der Waals surface area contributed by atoms with E-state index in [0.717, 1.165) is 32.5 Å². The van der Waals surface area contributed by atoms with E-state index in [4.69, 9.17) is 19.5 Å². The Bertz CT molecular complexity index is 993. The summed E-state index contributed by atoms with van der Waals surface area (Å²) in [6.07, 6.45) is 2.07. The molecule has 3 saturated heterocycles. The molecule has 1 amide bonds. The van der Waals surface area contributed by atoms with Crippen LogP contribution >= 0.6 is 0 Å². The average molecular weight is 419 g/mol. The summed E-state index contributed by atoms with van der Waals surface area (Å²) in [6, 6.07) is 14.6. The maximum Gasteiger partial charge on any atom is 0.251 e. The van der Waals surface area contributed by atoms with Crippen LogP contribution in [0.5, 0.6) is 17.2 Å². The molecule has 7 nitrogen and oxygen atoms in total. The third kappa shape index (κ3) is 4.30. The van der Waals surface area contributed by atoms with Crippen molar-refractivity contribution in [3.63, 3.8) is 0 Å². The molecule has 3 fully saturated rings. The first-order chi connectivity index (χ1) is 15.2. The molecule has 160 valence electrons. The largest absolute Gasteiger partial charge is 0.490 e. The minimum absolute atomic E-state index is 0.0589. The van der Waals surface area contributed by atoms with Crippen LogP contribution in [0.15, 0.2) is 42.5 Å². The molecule has 0 unspecified atom stereocenters. The molecule has 0 spiro atoms. The number of nitriles is 1. The first-order valence-electron chi connectivity index (χ1n) is 10.8. The lowest BCUT2D eigenvalue weighted by atomic mass is 9.84. The molecule has 0 saturated carbocycles. The Balaban J connectivity index is 1.17. The number of piperidine rings is 3. The Morgan fingerprint density at radius 3 is 2.68 bits per heavy atom. The van der Waals surface area contributed by atoms with Gasteiger partial charge in [-0.3, -0.25) is 4.79 Å². The van der Waals surface area contributed by atoms with Gasteiger partial charge in [0.2, 0.25) is 0 Å². The number of nitrogens with zero attached hydrogens (tertiary/aromatic N) is 2. The highest BCUT2D eigenvalue weighted by Gasteiger charge is 2.35. The number of hydrogen-bond acceptors (Lipinski definition) is 6. The van der Waals surface area contributed by atoms with Crippen molar-refractivity contribution >= 4 is 5.91 Å². The lowest BCUT2D eigenvalue weighted by molar-refractivity contribution is 0.0531. The molecule has 4 heterocycles. The Kier molecular flexibility index (Phi) is 5.39. The molecule has 7 heteroatoms. The van der Waals surface area contributed by atoms with Crippen molar-refractivity contribution in [3.8, 4) is 23.3 Å². The molecule has 4 aliphatic heterocycles. The summed E-state index contributed by atoms with van der Waals surface area (Å²) in [5.74, 6) is 2.39. The van der Waals surface area contributed by atoms with Gasteiger partial charge in [-0.05, 0) is 74.3 Å². The van der Waals surface area contributed by atoms with Gasteiger partial charge < -0.3 is 24.4 Å². The number of fused-ring (bicyclic) bond motifs is 4. The van der Waals surface area contributed by atoms with Gasteiger partial charge in [0.15, 0.2) is 17.6 Å². The fraction of sp³-hybridized carbons (Fsp3) is 0.417. The summed E-state index contributed by atoms with van der Waals surface area (Å²) in [5, 5.41) is 12.1. The smallest absolute Gasteiger partial charge is 0.251 e. The standard InChI is InChI=1S/C24H25N3O4/c25-12-16-1-4-19(5-2-16)29-14-20-15-30-23-11-18(3-6-22(23)31-20)24(28)26-21-13-27-9-7-17(21)8-10-27/h1-6,11,17,20-21H,7-10,13-15H2,(H,26,28)/t20-,21+/m1/s1. The molecule has 31 heavy (non-hydrogen) atoms. The Morgan fingerprint density at radius 1 is 1.16 bits per heavy atom. The summed E-state index contributed by atoms with van der Waals surface area (Å²) in [5.41, 5.74) is 1.18. The maximum atomic E-state index is 12.8. The topological polar surface area (TPSA) is 83.8 Å². The predicted octanol–water partition coefficient (Wildman–Crippen LogP) is 2.60. The Hall–Kier alpha value is -3.24. The first kappa shape index (κ1) is 19.7. The molecule has 6 rings (SSSR count). The molecule has 2 bridgehead atoms. The maximum absolute atomic E-state index is 12.8. The monoisotopic (exact) mass is 419 g/mol. The van der Waals surface area contributed by atoms with Gasteiger partial charge in [-0.25, -0.2) is 0 Å². The van der Waals surface area contributed by atoms with Crippen LogP contribution in [0.1, 0.15) is 28.8 Å². The zero-order chi connectivity index (χ0) is 21.2. The number of hydrogen-bond donors (Lipinski definition) is 1. The highest BCUT2D eigenvalue weighted by Crippen LogP contribution is 2.33. The van der Waals surface area contributed by atoms with Crippen LogP contribution in [0, 0.1) is 17.2 Å². The van der Waals surface area contributed by atoms with Gasteiger partial charge in [0.05, 0.1) is 11.6 Å². The van der Waals surface area contributed by atoms with Gasteiger partial charge in [-0.2, -0.15) is 5.26 Å². The summed E-state index contributed by atoms with van der Waals surface area (Å²) in [6.45, 7) is 3.91. The molecule has 2 aromatic rings. The lowest BCUT2D eigenvalue weighted by Crippen LogP contribution is -2.57. The second-order valence-corrected chi connectivity index (χ2v) is 8.38. The SMILES string of the molecule is N#Cc1ccc(OC[C@@H]2COc3cc(C(=O)N[C@H]4CN5CCC4CC5)ccc3O2)cc1. The van der Waals surface area contributed by atoms with Gasteiger partial charge >= 0.3 is 0 Å². The zero-order valence-corrected chi connectivity index (χ0v) is 17.3. The first-order valence-corrected chi connectivity index (χ1v) is 10.8. The van der Waals surface area contributed by atoms with Crippen molar-refractivity contribution in [2.75, 3.05) is 32.8 Å². The summed E-state index contributed by atoms with van der Waals surface area (Å²) in [4.78, 5) is 15.2. The number of rotatable bonds is 5. The van der Waals surface area contributed by atoms with Crippen LogP contribution in [0.4, 0.5) is 0 Å². The summed E-state index contributed by atoms with van der Waals surface area (Å²) >= 11 is 0. The molecule has 0 aliphatic carbocycles. The molecular formula is C24H25N3O4. The normalized spacial score (nSPS) is 26.0. The van der Waals surface area contributed by atoms with Crippen LogP contribution in [-0.4, -0.2) is 55.8 Å². The number of benzene rings is 2. The van der Waals surface area contributed by atoms with Gasteiger partial charge in [-0.15, -0.1) is 0 Å². The van der Waals surface area contributed by atoms with Gasteiger partial charge in [0.1, 0.15) is 19.0 Å². The number of nitrogens with one attached hydrogen (secondary N) is 1. The lowest BCUT2D eigenvalue weighted by Gasteiger charge is -2.44. The van der Waals surface area contributed by atoms with Crippen LogP contribution in [-0.2, 0) is 0 Å². The Morgan fingerprint density at radius 2 is 1.97 bits per heavy atom. The molecule has 1 N–H and O–H groups in total. The van der Waals surface area contributed by atoms with Crippen molar-refractivity contribution in [3.05, 3.63) is 53.6 Å². The molecule has 0 aromatic heterocycles. The van der Waals surface area contributed by atoms with E-state index in [-0.39, 0.29) is 18.1 Å². The van der Waals surface area contributed by atoms with Crippen molar-refractivity contribution in [2.45, 2.75) is 25.0 Å². The molecule has 0 radical (unpaired) electrons. The van der Waals surface area contributed by atoms with E-state index < -0.39 is 0 Å². The van der Waals surface area contributed by atoms with Crippen molar-refractivity contribution < 1.29 is 19.0 Å². The molecular weight excluding hydrogens is 394 g/mol. The number of carbonyl (C=O) groups is 1. The summed E-state index contributed by atoms with van der Waals surface area (Å²) < 4.78 is 17.6. The van der Waals surface area contributed by atoms with Gasteiger partial charge in [0.25, 0.3) is 5.91 Å². The third-order valence-electron chi connectivity index (χ3n) is 6.32. The van der Waals surface area contributed by atoms with E-state index >= 15 is 0 Å². The van der Waals surface area contributed by atoms with Crippen molar-refractivity contribution in [2.24, 2.45) is 5.92 Å². The molecule has 2 aromatic carbocycles. The van der Waals surface area contributed by atoms with E-state index in [0.29, 0.717) is 47.5 Å². The van der Waals surface area contributed by atoms with E-state index in [1.165, 1.54) is 0 Å². The number of ether oxygens (including phenoxy) is 3. The molecule has 2 atom stereocenters. The average Bonchev–Trinajstić information content (AvgIpc) is 2.83. The molecule has 4 aliphatic rings. The Labute approximate surface area is 181 Å². The van der Waals surface area contributed by atoms with Crippen LogP contribution < -0.4 is 19.5 Å². The van der Waals surface area contributed by atoms with E-state index in [9.17, 15) is 4.79 Å². The third-order valence-corrected chi connectivity index (χ3v) is 6.32. The number of amides is 1. The fourth-order valence-corrected chi connectivity index (χ4v) is 4.53. The second kappa shape index (κ2) is 8.48. The van der Waals surface area contributed by atoms with Crippen LogP contribution in [0.25, 0.3) is 0 Å². The van der Waals surface area contributed by atoms with Crippen molar-refractivity contribution in [1.29, 1.82) is 5.26 Å². The minimum atomic E-state index is -0.255. The van der Waals surface area contributed by atoms with E-state index in [1.54, 1.807) is 42.5 Å². The fourth-order valence-electron chi connectivity index (χ4n) is 4.53. The van der Waals surface area contributed by atoms with E-state index in [2.05, 4.69) is 16.3 Å².